The number of benzene rings is 2. The van der Waals surface area contributed by atoms with Crippen molar-refractivity contribution in [1.82, 2.24) is 15.8 Å². The molecule has 3 aliphatic heterocycles. The van der Waals surface area contributed by atoms with Crippen molar-refractivity contribution in [3.05, 3.63) is 53.6 Å². The number of anilines is 1. The first-order chi connectivity index (χ1) is 15.9. The van der Waals surface area contributed by atoms with Crippen LogP contribution in [0.25, 0.3) is 0 Å². The van der Waals surface area contributed by atoms with Crippen LogP contribution in [0, 0.1) is 0 Å². The number of hydrogen-bond acceptors (Lipinski definition) is 6. The molecule has 1 atom stereocenters. The third kappa shape index (κ3) is 3.43. The minimum atomic E-state index is -0.959. The summed E-state index contributed by atoms with van der Waals surface area (Å²) in [6.07, 6.45) is 0.680. The fourth-order valence-electron chi connectivity index (χ4n) is 4.51. The molecule has 0 saturated carbocycles. The molecule has 4 amide bonds. The van der Waals surface area contributed by atoms with Crippen molar-refractivity contribution in [1.29, 1.82) is 0 Å². The molecule has 2 aromatic carbocycles. The van der Waals surface area contributed by atoms with Gasteiger partial charge in [-0.05, 0) is 43.7 Å². The molecule has 170 valence electrons. The second kappa shape index (κ2) is 7.80. The van der Waals surface area contributed by atoms with Gasteiger partial charge in [-0.15, -0.1) is 0 Å². The summed E-state index contributed by atoms with van der Waals surface area (Å²) >= 11 is 0. The first-order valence-electron chi connectivity index (χ1n) is 10.6. The topological polar surface area (TPSA) is 117 Å². The molecule has 0 spiro atoms. The number of para-hydroxylation sites is 1. The first kappa shape index (κ1) is 20.8. The highest BCUT2D eigenvalue weighted by molar-refractivity contribution is 6.11. The summed E-state index contributed by atoms with van der Waals surface area (Å²) in [7, 11) is 0. The number of amides is 4. The fraction of sp³-hybridized carbons (Fsp3) is 0.304. The Balaban J connectivity index is 1.29. The molecule has 10 nitrogen and oxygen atoms in total. The van der Waals surface area contributed by atoms with Crippen molar-refractivity contribution >= 4 is 29.3 Å². The van der Waals surface area contributed by atoms with E-state index in [4.69, 9.17) is 9.47 Å². The summed E-state index contributed by atoms with van der Waals surface area (Å²) < 4.78 is 10.9. The van der Waals surface area contributed by atoms with Crippen LogP contribution in [0.3, 0.4) is 0 Å². The summed E-state index contributed by atoms with van der Waals surface area (Å²) in [5.74, 6) is -0.567. The van der Waals surface area contributed by atoms with Crippen molar-refractivity contribution < 1.29 is 28.7 Å². The lowest BCUT2D eigenvalue weighted by Gasteiger charge is -2.48. The van der Waals surface area contributed by atoms with Gasteiger partial charge in [0.05, 0.1) is 11.3 Å². The molecule has 2 N–H and O–H groups in total. The van der Waals surface area contributed by atoms with Gasteiger partial charge in [-0.25, -0.2) is 0 Å². The van der Waals surface area contributed by atoms with Gasteiger partial charge in [0, 0.05) is 12.0 Å². The fourth-order valence-corrected chi connectivity index (χ4v) is 4.51. The van der Waals surface area contributed by atoms with Crippen molar-refractivity contribution in [2.24, 2.45) is 0 Å². The molecule has 1 saturated heterocycles. The maximum Gasteiger partial charge on any atom is 0.269 e. The normalized spacial score (nSPS) is 20.8. The number of hydrazine groups is 1. The van der Waals surface area contributed by atoms with Gasteiger partial charge in [-0.3, -0.25) is 34.9 Å². The number of carbonyl (C=O) groups excluding carboxylic acids is 4. The van der Waals surface area contributed by atoms with Gasteiger partial charge in [-0.1, -0.05) is 12.1 Å². The number of carbonyl (C=O) groups is 4. The van der Waals surface area contributed by atoms with E-state index in [0.717, 1.165) is 0 Å². The third-order valence-corrected chi connectivity index (χ3v) is 6.17. The van der Waals surface area contributed by atoms with E-state index in [2.05, 4.69) is 10.9 Å². The van der Waals surface area contributed by atoms with Gasteiger partial charge in [-0.2, -0.15) is 0 Å². The number of hydrogen-bond donors (Lipinski definition) is 2. The lowest BCUT2D eigenvalue weighted by Crippen LogP contribution is -2.64. The Bertz CT molecular complexity index is 1180. The molecule has 5 rings (SSSR count). The molecule has 10 heteroatoms. The van der Waals surface area contributed by atoms with Gasteiger partial charge in [0.15, 0.2) is 11.5 Å². The number of fused-ring (bicyclic) bond motifs is 4. The largest absolute Gasteiger partial charge is 0.486 e. The Hall–Kier alpha value is -4.08. The highest BCUT2D eigenvalue weighted by Crippen LogP contribution is 2.43. The molecule has 33 heavy (non-hydrogen) atoms. The summed E-state index contributed by atoms with van der Waals surface area (Å²) in [5, 5.41) is 0. The van der Waals surface area contributed by atoms with Crippen molar-refractivity contribution in [3.63, 3.8) is 0 Å². The van der Waals surface area contributed by atoms with Crippen LogP contribution in [0.2, 0.25) is 0 Å². The Labute approximate surface area is 189 Å². The van der Waals surface area contributed by atoms with Crippen molar-refractivity contribution in [2.75, 3.05) is 24.7 Å². The lowest BCUT2D eigenvalue weighted by molar-refractivity contribution is -0.124. The lowest BCUT2D eigenvalue weighted by atomic mass is 9.98. The quantitative estimate of drug-likeness (QED) is 0.679. The molecule has 3 aliphatic rings. The third-order valence-electron chi connectivity index (χ3n) is 6.17. The smallest absolute Gasteiger partial charge is 0.269 e. The van der Waals surface area contributed by atoms with E-state index in [0.29, 0.717) is 42.4 Å². The average molecular weight is 450 g/mol. The number of nitrogens with one attached hydrogen (secondary N) is 2. The minimum Gasteiger partial charge on any atom is -0.486 e. The zero-order chi connectivity index (χ0) is 23.2. The highest BCUT2D eigenvalue weighted by Gasteiger charge is 2.53. The van der Waals surface area contributed by atoms with E-state index in [1.54, 1.807) is 48.2 Å². The van der Waals surface area contributed by atoms with Crippen LogP contribution in [0.1, 0.15) is 40.5 Å². The first-order valence-corrected chi connectivity index (χ1v) is 10.6. The van der Waals surface area contributed by atoms with Crippen LogP contribution in [-0.2, 0) is 9.59 Å². The van der Waals surface area contributed by atoms with Crippen molar-refractivity contribution in [2.45, 2.75) is 25.4 Å². The monoisotopic (exact) mass is 450 g/mol. The zero-order valence-electron chi connectivity index (χ0n) is 17.9. The van der Waals surface area contributed by atoms with Crippen LogP contribution in [-0.4, -0.2) is 54.0 Å². The Morgan fingerprint density at radius 1 is 1.03 bits per heavy atom. The van der Waals surface area contributed by atoms with Crippen LogP contribution >= 0.6 is 0 Å². The number of nitrogens with zero attached hydrogens (tertiary/aromatic N) is 2. The molecule has 0 radical (unpaired) electrons. The second-order valence-electron chi connectivity index (χ2n) is 8.22. The molecule has 1 fully saturated rings. The van der Waals surface area contributed by atoms with E-state index >= 15 is 0 Å². The van der Waals surface area contributed by atoms with E-state index in [-0.39, 0.29) is 30.3 Å². The summed E-state index contributed by atoms with van der Waals surface area (Å²) in [6, 6.07) is 11.6. The van der Waals surface area contributed by atoms with Gasteiger partial charge < -0.3 is 14.4 Å². The molecular weight excluding hydrogens is 428 g/mol. The van der Waals surface area contributed by atoms with E-state index in [1.807, 2.05) is 0 Å². The highest BCUT2D eigenvalue weighted by atomic mass is 16.6. The number of ether oxygens (including phenoxy) is 2. The maximum absolute atomic E-state index is 13.2. The van der Waals surface area contributed by atoms with Crippen molar-refractivity contribution in [3.8, 4) is 11.5 Å². The Kier molecular flexibility index (Phi) is 4.92. The van der Waals surface area contributed by atoms with Crippen LogP contribution in [0.15, 0.2) is 42.5 Å². The molecular formula is C23H22N4O6. The predicted octanol–water partition coefficient (Wildman–Crippen LogP) is 1.22. The summed E-state index contributed by atoms with van der Waals surface area (Å²) in [5.41, 5.74) is 4.94. The summed E-state index contributed by atoms with van der Waals surface area (Å²) in [6.45, 7) is 2.28. The predicted molar refractivity (Wildman–Crippen MR) is 116 cm³/mol. The standard InChI is InChI=1S/C23H22N4O6/c1-23-9-8-20(29)27(23)16-5-3-2-4-15(16)22(31)26(23)13-19(28)24-25-21(30)14-6-7-17-18(12-14)33-11-10-32-17/h2-7,12H,8-11,13H2,1H3,(H,24,28)(H,25,30). The van der Waals surface area contributed by atoms with Crippen LogP contribution in [0.4, 0.5) is 5.69 Å². The number of rotatable bonds is 3. The van der Waals surface area contributed by atoms with E-state index in [9.17, 15) is 19.2 Å². The molecule has 0 bridgehead atoms. The average Bonchev–Trinajstić information content (AvgIpc) is 3.15. The van der Waals surface area contributed by atoms with Gasteiger partial charge in [0.2, 0.25) is 5.91 Å². The minimum absolute atomic E-state index is 0.102. The van der Waals surface area contributed by atoms with Crippen LogP contribution in [0.5, 0.6) is 11.5 Å². The molecule has 0 aromatic heterocycles. The second-order valence-corrected chi connectivity index (χ2v) is 8.22. The molecule has 2 aromatic rings. The Morgan fingerprint density at radius 3 is 2.61 bits per heavy atom. The van der Waals surface area contributed by atoms with E-state index < -0.39 is 17.5 Å². The van der Waals surface area contributed by atoms with Gasteiger partial charge >= 0.3 is 0 Å². The molecule has 3 heterocycles. The van der Waals surface area contributed by atoms with Gasteiger partial charge in [0.1, 0.15) is 25.4 Å². The Morgan fingerprint density at radius 2 is 1.79 bits per heavy atom. The zero-order valence-corrected chi connectivity index (χ0v) is 17.9. The van der Waals surface area contributed by atoms with E-state index in [1.165, 1.54) is 11.0 Å². The SMILES string of the molecule is CC12CCC(=O)N1c1ccccc1C(=O)N2CC(=O)NNC(=O)c1ccc2c(c1)OCCO2. The maximum atomic E-state index is 13.2. The molecule has 1 unspecified atom stereocenters. The summed E-state index contributed by atoms with van der Waals surface area (Å²) in [4.78, 5) is 53.9. The van der Waals surface area contributed by atoms with Gasteiger partial charge in [0.25, 0.3) is 17.7 Å². The molecule has 0 aliphatic carbocycles. The van der Waals surface area contributed by atoms with Crippen LogP contribution < -0.4 is 25.2 Å².